The van der Waals surface area contributed by atoms with E-state index >= 15 is 0 Å². The maximum absolute atomic E-state index is 6.34. The maximum Gasteiger partial charge on any atom is 0.133 e. The second-order valence-corrected chi connectivity index (χ2v) is 6.21. The molecule has 1 unspecified atom stereocenters. The summed E-state index contributed by atoms with van der Waals surface area (Å²) in [5.74, 6) is 0.891. The highest BCUT2D eigenvalue weighted by molar-refractivity contribution is 9.10. The van der Waals surface area contributed by atoms with Crippen LogP contribution in [-0.2, 0) is 0 Å². The monoisotopic (exact) mass is 313 g/mol. The average Bonchev–Trinajstić information content (AvgIpc) is 2.36. The number of halogens is 1. The third kappa shape index (κ3) is 3.72. The molecular formula is C15H24BrNO. The van der Waals surface area contributed by atoms with Gasteiger partial charge in [0.25, 0.3) is 0 Å². The molecule has 3 heteroatoms. The minimum atomic E-state index is 0.0408. The van der Waals surface area contributed by atoms with Gasteiger partial charge >= 0.3 is 0 Å². The van der Waals surface area contributed by atoms with Crippen LogP contribution in [0.25, 0.3) is 0 Å². The van der Waals surface area contributed by atoms with Gasteiger partial charge in [-0.25, -0.2) is 0 Å². The molecule has 0 aromatic heterocycles. The molecule has 0 amide bonds. The molecule has 1 aromatic rings. The predicted molar refractivity (Wildman–Crippen MR) is 80.9 cm³/mol. The summed E-state index contributed by atoms with van der Waals surface area (Å²) in [5, 5.41) is 0. The zero-order valence-corrected chi connectivity index (χ0v) is 13.4. The van der Waals surface area contributed by atoms with E-state index in [2.05, 4.69) is 55.8 Å². The molecule has 0 heterocycles. The van der Waals surface area contributed by atoms with Crippen molar-refractivity contribution in [2.24, 2.45) is 11.1 Å². The van der Waals surface area contributed by atoms with E-state index in [9.17, 15) is 0 Å². The molecule has 0 aliphatic carbocycles. The SMILES string of the molecule is CCCOc1ccc(C(N)C(C)(C)CC)cc1Br. The van der Waals surface area contributed by atoms with Crippen LogP contribution in [0.4, 0.5) is 0 Å². The van der Waals surface area contributed by atoms with Crippen LogP contribution in [0.5, 0.6) is 5.75 Å². The lowest BCUT2D eigenvalue weighted by atomic mass is 9.79. The Morgan fingerprint density at radius 3 is 2.50 bits per heavy atom. The summed E-state index contributed by atoms with van der Waals surface area (Å²) < 4.78 is 6.63. The lowest BCUT2D eigenvalue weighted by Crippen LogP contribution is -2.28. The molecule has 2 N–H and O–H groups in total. The van der Waals surface area contributed by atoms with Crippen LogP contribution in [0.1, 0.15) is 52.1 Å². The Labute approximate surface area is 119 Å². The molecule has 2 nitrogen and oxygen atoms in total. The third-order valence-electron chi connectivity index (χ3n) is 3.53. The number of hydrogen-bond acceptors (Lipinski definition) is 2. The topological polar surface area (TPSA) is 35.2 Å². The summed E-state index contributed by atoms with van der Waals surface area (Å²) in [6.45, 7) is 9.42. The van der Waals surface area contributed by atoms with Gasteiger partial charge in [0.05, 0.1) is 11.1 Å². The number of nitrogens with two attached hydrogens (primary N) is 1. The minimum Gasteiger partial charge on any atom is -0.492 e. The highest BCUT2D eigenvalue weighted by Crippen LogP contribution is 2.37. The Morgan fingerprint density at radius 2 is 2.00 bits per heavy atom. The van der Waals surface area contributed by atoms with Gasteiger partial charge in [0.2, 0.25) is 0 Å². The Kier molecular flexibility index (Phi) is 5.67. The van der Waals surface area contributed by atoms with E-state index in [-0.39, 0.29) is 11.5 Å². The van der Waals surface area contributed by atoms with Crippen LogP contribution >= 0.6 is 15.9 Å². The maximum atomic E-state index is 6.34. The second kappa shape index (κ2) is 6.58. The molecule has 1 atom stereocenters. The summed E-state index contributed by atoms with van der Waals surface area (Å²) in [6.07, 6.45) is 2.07. The second-order valence-electron chi connectivity index (χ2n) is 5.36. The highest BCUT2D eigenvalue weighted by Gasteiger charge is 2.26. The first kappa shape index (κ1) is 15.5. The summed E-state index contributed by atoms with van der Waals surface area (Å²) in [6, 6.07) is 6.19. The molecular weight excluding hydrogens is 290 g/mol. The van der Waals surface area contributed by atoms with Gasteiger partial charge in [0, 0.05) is 6.04 Å². The van der Waals surface area contributed by atoms with Crippen LogP contribution in [-0.4, -0.2) is 6.61 Å². The highest BCUT2D eigenvalue weighted by atomic mass is 79.9. The van der Waals surface area contributed by atoms with E-state index < -0.39 is 0 Å². The molecule has 0 aliphatic rings. The van der Waals surface area contributed by atoms with E-state index in [1.54, 1.807) is 0 Å². The largest absolute Gasteiger partial charge is 0.492 e. The van der Waals surface area contributed by atoms with Crippen molar-refractivity contribution in [1.29, 1.82) is 0 Å². The zero-order valence-electron chi connectivity index (χ0n) is 11.8. The predicted octanol–water partition coefficient (Wildman–Crippen LogP) is 4.67. The number of hydrogen-bond donors (Lipinski definition) is 1. The first-order valence-corrected chi connectivity index (χ1v) is 7.39. The van der Waals surface area contributed by atoms with Crippen molar-refractivity contribution in [2.45, 2.75) is 46.6 Å². The molecule has 0 fully saturated rings. The number of benzene rings is 1. The fourth-order valence-corrected chi connectivity index (χ4v) is 2.22. The zero-order chi connectivity index (χ0) is 13.8. The number of rotatable bonds is 6. The normalized spacial score (nSPS) is 13.4. The van der Waals surface area contributed by atoms with E-state index in [0.29, 0.717) is 0 Å². The van der Waals surface area contributed by atoms with Crippen LogP contribution in [0.3, 0.4) is 0 Å². The molecule has 0 spiro atoms. The van der Waals surface area contributed by atoms with Crippen molar-refractivity contribution in [3.05, 3.63) is 28.2 Å². The van der Waals surface area contributed by atoms with Crippen molar-refractivity contribution in [1.82, 2.24) is 0 Å². The van der Waals surface area contributed by atoms with Crippen molar-refractivity contribution in [2.75, 3.05) is 6.61 Å². The molecule has 1 rings (SSSR count). The van der Waals surface area contributed by atoms with Gasteiger partial charge in [-0.15, -0.1) is 0 Å². The fourth-order valence-electron chi connectivity index (χ4n) is 1.71. The van der Waals surface area contributed by atoms with Gasteiger partial charge < -0.3 is 10.5 Å². The van der Waals surface area contributed by atoms with Gasteiger partial charge in [-0.05, 0) is 51.9 Å². The standard InChI is InChI=1S/C15H24BrNO/c1-5-9-18-13-8-7-11(10-12(13)16)14(17)15(3,4)6-2/h7-8,10,14H,5-6,9,17H2,1-4H3. The lowest BCUT2D eigenvalue weighted by molar-refractivity contribution is 0.277. The fraction of sp³-hybridized carbons (Fsp3) is 0.600. The van der Waals surface area contributed by atoms with E-state index in [0.717, 1.165) is 35.2 Å². The average molecular weight is 314 g/mol. The molecule has 102 valence electrons. The van der Waals surface area contributed by atoms with Crippen LogP contribution < -0.4 is 10.5 Å². The van der Waals surface area contributed by atoms with Crippen molar-refractivity contribution >= 4 is 15.9 Å². The van der Waals surface area contributed by atoms with Crippen LogP contribution in [0, 0.1) is 5.41 Å². The molecule has 0 saturated carbocycles. The minimum absolute atomic E-state index is 0.0408. The van der Waals surface area contributed by atoms with Gasteiger partial charge in [-0.2, -0.15) is 0 Å². The Balaban J connectivity index is 2.90. The molecule has 1 aromatic carbocycles. The number of ether oxygens (including phenoxy) is 1. The summed E-state index contributed by atoms with van der Waals surface area (Å²) in [4.78, 5) is 0. The summed E-state index contributed by atoms with van der Waals surface area (Å²) in [7, 11) is 0. The summed E-state index contributed by atoms with van der Waals surface area (Å²) in [5.41, 5.74) is 7.59. The molecule has 0 aliphatic heterocycles. The molecule has 18 heavy (non-hydrogen) atoms. The van der Waals surface area contributed by atoms with Gasteiger partial charge in [0.15, 0.2) is 0 Å². The quantitative estimate of drug-likeness (QED) is 0.828. The molecule has 0 radical (unpaired) electrons. The summed E-state index contributed by atoms with van der Waals surface area (Å²) >= 11 is 3.55. The third-order valence-corrected chi connectivity index (χ3v) is 4.15. The van der Waals surface area contributed by atoms with E-state index in [1.807, 2.05) is 6.07 Å². The van der Waals surface area contributed by atoms with Crippen LogP contribution in [0.2, 0.25) is 0 Å². The van der Waals surface area contributed by atoms with Crippen molar-refractivity contribution < 1.29 is 4.74 Å². The molecule has 0 bridgehead atoms. The lowest BCUT2D eigenvalue weighted by Gasteiger charge is -2.31. The van der Waals surface area contributed by atoms with Gasteiger partial charge in [0.1, 0.15) is 5.75 Å². The Hall–Kier alpha value is -0.540. The van der Waals surface area contributed by atoms with E-state index in [4.69, 9.17) is 10.5 Å². The van der Waals surface area contributed by atoms with Crippen molar-refractivity contribution in [3.63, 3.8) is 0 Å². The Morgan fingerprint density at radius 1 is 1.33 bits per heavy atom. The van der Waals surface area contributed by atoms with Gasteiger partial charge in [-0.3, -0.25) is 0 Å². The van der Waals surface area contributed by atoms with Crippen molar-refractivity contribution in [3.8, 4) is 5.75 Å². The Bertz CT molecular complexity index is 390. The van der Waals surface area contributed by atoms with Crippen LogP contribution in [0.15, 0.2) is 22.7 Å². The van der Waals surface area contributed by atoms with E-state index in [1.165, 1.54) is 0 Å². The smallest absolute Gasteiger partial charge is 0.133 e. The molecule has 0 saturated heterocycles. The first-order chi connectivity index (χ1) is 8.42. The first-order valence-electron chi connectivity index (χ1n) is 6.60. The van der Waals surface area contributed by atoms with Gasteiger partial charge in [-0.1, -0.05) is 33.8 Å².